The molecule has 1 amide bonds. The Balaban J connectivity index is 3.42. The molecule has 59 heavy (non-hydrogen) atoms. The van der Waals surface area contributed by atoms with E-state index in [1.54, 1.807) is 6.08 Å². The van der Waals surface area contributed by atoms with Crippen molar-refractivity contribution in [3.63, 3.8) is 0 Å². The quantitative estimate of drug-likeness (QED) is 0.0322. The summed E-state index contributed by atoms with van der Waals surface area (Å²) in [4.78, 5) is 24.4. The molecule has 350 valence electrons. The van der Waals surface area contributed by atoms with Gasteiger partial charge in [-0.05, 0) is 32.1 Å². The maximum atomic E-state index is 12.4. The van der Waals surface area contributed by atoms with Gasteiger partial charge in [0.1, 0.15) is 0 Å². The van der Waals surface area contributed by atoms with Crippen LogP contribution >= 0.6 is 0 Å². The van der Waals surface area contributed by atoms with Gasteiger partial charge in [-0.15, -0.1) is 0 Å². The third kappa shape index (κ3) is 45.9. The van der Waals surface area contributed by atoms with E-state index >= 15 is 0 Å². The van der Waals surface area contributed by atoms with Crippen LogP contribution in [0.3, 0.4) is 0 Å². The predicted molar refractivity (Wildman–Crippen MR) is 255 cm³/mol. The Morgan fingerprint density at radius 1 is 0.458 bits per heavy atom. The molecule has 0 aliphatic heterocycles. The molecule has 0 bridgehead atoms. The molecule has 6 nitrogen and oxygen atoms in total. The van der Waals surface area contributed by atoms with E-state index in [1.807, 2.05) is 6.08 Å². The minimum absolute atomic E-state index is 0.00597. The zero-order valence-corrected chi connectivity index (χ0v) is 39.7. The summed E-state index contributed by atoms with van der Waals surface area (Å²) in [5, 5.41) is 23.0. The van der Waals surface area contributed by atoms with Crippen LogP contribution < -0.4 is 5.32 Å². The standard InChI is InChI=1S/C53H103NO5/c1-3-5-7-9-11-13-15-22-27-31-35-39-43-47-53(58)59-48-44-40-36-32-28-24-21-19-17-18-20-23-26-30-34-38-42-46-52(57)54-50(49-55)51(56)45-41-37-33-29-25-16-14-12-10-8-6-4-2/h41,45,50-51,55-56H,3-40,42-44,46-49H2,1-2H3,(H,54,57)/b45-41+. The number of ether oxygens (including phenoxy) is 1. The Morgan fingerprint density at radius 3 is 1.15 bits per heavy atom. The van der Waals surface area contributed by atoms with E-state index in [2.05, 4.69) is 19.2 Å². The van der Waals surface area contributed by atoms with Gasteiger partial charge in [-0.3, -0.25) is 9.59 Å². The van der Waals surface area contributed by atoms with Crippen molar-refractivity contribution in [1.82, 2.24) is 5.32 Å². The number of nitrogens with one attached hydrogen (secondary N) is 1. The molecule has 0 heterocycles. The van der Waals surface area contributed by atoms with E-state index in [9.17, 15) is 19.8 Å². The number of rotatable bonds is 49. The number of aliphatic hydroxyl groups excluding tert-OH is 2. The first-order valence-electron chi connectivity index (χ1n) is 26.5. The third-order valence-electron chi connectivity index (χ3n) is 12.3. The fourth-order valence-electron chi connectivity index (χ4n) is 8.22. The molecule has 0 saturated carbocycles. The molecular weight excluding hydrogens is 731 g/mol. The molecule has 0 aromatic heterocycles. The second kappa shape index (κ2) is 49.3. The average Bonchev–Trinajstić information content (AvgIpc) is 3.24. The molecule has 3 N–H and O–H groups in total. The van der Waals surface area contributed by atoms with E-state index in [0.717, 1.165) is 38.5 Å². The smallest absolute Gasteiger partial charge is 0.305 e. The van der Waals surface area contributed by atoms with E-state index in [-0.39, 0.29) is 18.5 Å². The zero-order valence-electron chi connectivity index (χ0n) is 39.7. The largest absolute Gasteiger partial charge is 0.466 e. The summed E-state index contributed by atoms with van der Waals surface area (Å²) in [5.74, 6) is -0.0672. The highest BCUT2D eigenvalue weighted by Gasteiger charge is 2.18. The Morgan fingerprint density at radius 2 is 0.780 bits per heavy atom. The van der Waals surface area contributed by atoms with Gasteiger partial charge in [0.25, 0.3) is 0 Å². The number of carbonyl (C=O) groups excluding carboxylic acids is 2. The molecule has 0 aromatic rings. The van der Waals surface area contributed by atoms with Crippen molar-refractivity contribution in [2.45, 2.75) is 302 Å². The molecule has 2 atom stereocenters. The maximum Gasteiger partial charge on any atom is 0.305 e. The number of aliphatic hydroxyl groups is 2. The lowest BCUT2D eigenvalue weighted by Crippen LogP contribution is -2.45. The third-order valence-corrected chi connectivity index (χ3v) is 12.3. The number of esters is 1. The summed E-state index contributed by atoms with van der Waals surface area (Å²) >= 11 is 0. The van der Waals surface area contributed by atoms with Crippen LogP contribution in [-0.2, 0) is 14.3 Å². The van der Waals surface area contributed by atoms with Crippen LogP contribution in [0.4, 0.5) is 0 Å². The molecule has 2 unspecified atom stereocenters. The molecule has 0 spiro atoms. The van der Waals surface area contributed by atoms with Crippen molar-refractivity contribution in [3.05, 3.63) is 12.2 Å². The van der Waals surface area contributed by atoms with Crippen LogP contribution in [0.15, 0.2) is 12.2 Å². The summed E-state index contributed by atoms with van der Waals surface area (Å²) in [6, 6.07) is -0.629. The number of carbonyl (C=O) groups is 2. The van der Waals surface area contributed by atoms with Gasteiger partial charge in [-0.2, -0.15) is 0 Å². The fraction of sp³-hybridized carbons (Fsp3) is 0.925. The molecule has 0 aliphatic rings. The monoisotopic (exact) mass is 834 g/mol. The molecule has 0 radical (unpaired) electrons. The number of allylic oxidation sites excluding steroid dienone is 1. The normalized spacial score (nSPS) is 12.7. The highest BCUT2D eigenvalue weighted by molar-refractivity contribution is 5.76. The lowest BCUT2D eigenvalue weighted by molar-refractivity contribution is -0.143. The van der Waals surface area contributed by atoms with Gasteiger partial charge in [-0.25, -0.2) is 0 Å². The minimum Gasteiger partial charge on any atom is -0.466 e. The zero-order chi connectivity index (χ0) is 43.0. The van der Waals surface area contributed by atoms with Crippen molar-refractivity contribution in [2.75, 3.05) is 13.2 Å². The van der Waals surface area contributed by atoms with Crippen molar-refractivity contribution in [3.8, 4) is 0 Å². The van der Waals surface area contributed by atoms with Crippen molar-refractivity contribution in [2.24, 2.45) is 0 Å². The Bertz CT molecular complexity index is 878. The average molecular weight is 834 g/mol. The Labute approximate surface area is 368 Å². The van der Waals surface area contributed by atoms with Gasteiger partial charge in [0.15, 0.2) is 0 Å². The lowest BCUT2D eigenvalue weighted by atomic mass is 10.0. The van der Waals surface area contributed by atoms with Gasteiger partial charge in [0, 0.05) is 12.8 Å². The molecule has 0 fully saturated rings. The van der Waals surface area contributed by atoms with Crippen LogP contribution in [0, 0.1) is 0 Å². The first-order chi connectivity index (χ1) is 29.0. The van der Waals surface area contributed by atoms with Crippen LogP contribution in [-0.4, -0.2) is 47.4 Å². The number of hydrogen-bond acceptors (Lipinski definition) is 5. The van der Waals surface area contributed by atoms with Gasteiger partial charge in [0.05, 0.1) is 25.4 Å². The van der Waals surface area contributed by atoms with Crippen molar-refractivity contribution in [1.29, 1.82) is 0 Å². The van der Waals surface area contributed by atoms with Crippen molar-refractivity contribution >= 4 is 11.9 Å². The Hall–Kier alpha value is -1.40. The number of hydrogen-bond donors (Lipinski definition) is 3. The van der Waals surface area contributed by atoms with E-state index < -0.39 is 12.1 Å². The minimum atomic E-state index is -0.845. The van der Waals surface area contributed by atoms with Crippen molar-refractivity contribution < 1.29 is 24.5 Å². The summed E-state index contributed by atoms with van der Waals surface area (Å²) in [6.07, 6.45) is 56.4. The number of amides is 1. The van der Waals surface area contributed by atoms with E-state index in [4.69, 9.17) is 4.74 Å². The summed E-state index contributed by atoms with van der Waals surface area (Å²) in [6.45, 7) is 4.89. The molecule has 6 heteroatoms. The van der Waals surface area contributed by atoms with Gasteiger partial charge in [0.2, 0.25) is 5.91 Å². The highest BCUT2D eigenvalue weighted by atomic mass is 16.5. The molecule has 0 saturated heterocycles. The van der Waals surface area contributed by atoms with Crippen LogP contribution in [0.2, 0.25) is 0 Å². The summed E-state index contributed by atoms with van der Waals surface area (Å²) in [7, 11) is 0. The maximum absolute atomic E-state index is 12.4. The van der Waals surface area contributed by atoms with Gasteiger partial charge in [-0.1, -0.05) is 257 Å². The van der Waals surface area contributed by atoms with Gasteiger partial charge >= 0.3 is 5.97 Å². The fourth-order valence-corrected chi connectivity index (χ4v) is 8.22. The topological polar surface area (TPSA) is 95.9 Å². The predicted octanol–water partition coefficient (Wildman–Crippen LogP) is 15.7. The molecular formula is C53H103NO5. The van der Waals surface area contributed by atoms with E-state index in [0.29, 0.717) is 19.4 Å². The Kier molecular flexibility index (Phi) is 48.1. The molecule has 0 rings (SSSR count). The second-order valence-corrected chi connectivity index (χ2v) is 18.2. The van der Waals surface area contributed by atoms with Crippen LogP contribution in [0.5, 0.6) is 0 Å². The van der Waals surface area contributed by atoms with Crippen LogP contribution in [0.1, 0.15) is 290 Å². The SMILES string of the molecule is CCCCCCCCCCCC/C=C/C(O)C(CO)NC(=O)CCCCCCCCCCCCCCCCCCCOC(=O)CCCCCCCCCCCCCCC. The summed E-state index contributed by atoms with van der Waals surface area (Å²) in [5.41, 5.74) is 0. The molecule has 0 aliphatic carbocycles. The highest BCUT2D eigenvalue weighted by Crippen LogP contribution is 2.17. The first-order valence-corrected chi connectivity index (χ1v) is 26.5. The molecule has 0 aromatic carbocycles. The second-order valence-electron chi connectivity index (χ2n) is 18.2. The van der Waals surface area contributed by atoms with E-state index in [1.165, 1.54) is 225 Å². The van der Waals surface area contributed by atoms with Gasteiger partial charge < -0.3 is 20.3 Å². The first kappa shape index (κ1) is 57.6. The van der Waals surface area contributed by atoms with Crippen LogP contribution in [0.25, 0.3) is 0 Å². The number of unbranched alkanes of at least 4 members (excludes halogenated alkanes) is 38. The summed E-state index contributed by atoms with van der Waals surface area (Å²) < 4.78 is 5.47. The lowest BCUT2D eigenvalue weighted by Gasteiger charge is -2.20.